The minimum Gasteiger partial charge on any atom is -0.465 e. The Morgan fingerprint density at radius 2 is 1.41 bits per heavy atom. The molecule has 1 heterocycles. The molecule has 202 valence electrons. The van der Waals surface area contributed by atoms with E-state index in [2.05, 4.69) is 10.2 Å². The van der Waals surface area contributed by atoms with E-state index in [4.69, 9.17) is 24.3 Å². The molecule has 0 aliphatic carbocycles. The quantitative estimate of drug-likeness (QED) is 0.0976. The van der Waals surface area contributed by atoms with Crippen LogP contribution in [0.1, 0.15) is 36.3 Å². The van der Waals surface area contributed by atoms with Crippen molar-refractivity contribution in [3.05, 3.63) is 83.1 Å². The molecule has 0 unspecified atom stereocenters. The van der Waals surface area contributed by atoms with Crippen molar-refractivity contribution in [1.82, 2.24) is 11.2 Å². The van der Waals surface area contributed by atoms with E-state index in [-0.39, 0.29) is 25.4 Å². The highest BCUT2D eigenvalue weighted by molar-refractivity contribution is 6.07. The zero-order chi connectivity index (χ0) is 27.8. The van der Waals surface area contributed by atoms with Crippen molar-refractivity contribution in [3.8, 4) is 0 Å². The van der Waals surface area contributed by atoms with Gasteiger partial charge in [0.1, 0.15) is 11.3 Å². The largest absolute Gasteiger partial charge is 0.465 e. The molecular formula is C28H28N4O7. The fourth-order valence-electron chi connectivity index (χ4n) is 4.39. The van der Waals surface area contributed by atoms with Crippen LogP contribution in [-0.2, 0) is 30.9 Å². The zero-order valence-electron chi connectivity index (χ0n) is 21.4. The second kappa shape index (κ2) is 12.2. The average Bonchev–Trinajstić information content (AvgIpc) is 3.37. The van der Waals surface area contributed by atoms with Crippen molar-refractivity contribution < 1.29 is 33.9 Å². The van der Waals surface area contributed by atoms with Crippen molar-refractivity contribution in [2.75, 3.05) is 13.2 Å². The van der Waals surface area contributed by atoms with Gasteiger partial charge in [-0.2, -0.15) is 21.4 Å². The topological polar surface area (TPSA) is 155 Å². The molecule has 0 radical (unpaired) electrons. The predicted molar refractivity (Wildman–Crippen MR) is 144 cm³/mol. The summed E-state index contributed by atoms with van der Waals surface area (Å²) in [6, 6.07) is 17.9. The summed E-state index contributed by atoms with van der Waals surface area (Å²) in [5, 5.41) is 27.1. The van der Waals surface area contributed by atoms with Gasteiger partial charge in [0.2, 0.25) is 5.41 Å². The van der Waals surface area contributed by atoms with E-state index < -0.39 is 17.4 Å². The third-order valence-corrected chi connectivity index (χ3v) is 6.15. The molecule has 4 rings (SSSR count). The number of hydrogen-bond acceptors (Lipinski definition) is 11. The van der Waals surface area contributed by atoms with Gasteiger partial charge in [-0.25, -0.2) is 0 Å². The van der Waals surface area contributed by atoms with Gasteiger partial charge in [0.25, 0.3) is 0 Å². The molecule has 4 N–H and O–H groups in total. The van der Waals surface area contributed by atoms with Gasteiger partial charge in [-0.3, -0.25) is 20.0 Å². The molecule has 4 aromatic rings. The summed E-state index contributed by atoms with van der Waals surface area (Å²) >= 11 is 0. The van der Waals surface area contributed by atoms with Gasteiger partial charge in [-0.05, 0) is 71.6 Å². The van der Waals surface area contributed by atoms with Crippen molar-refractivity contribution in [1.29, 1.82) is 0 Å². The van der Waals surface area contributed by atoms with Crippen LogP contribution in [0.3, 0.4) is 0 Å². The number of nitrogens with one attached hydrogen (secondary N) is 2. The molecule has 39 heavy (non-hydrogen) atoms. The lowest BCUT2D eigenvalue weighted by molar-refractivity contribution is -0.165. The van der Waals surface area contributed by atoms with E-state index >= 15 is 0 Å². The van der Waals surface area contributed by atoms with Crippen LogP contribution in [-0.4, -0.2) is 48.0 Å². The van der Waals surface area contributed by atoms with E-state index in [0.717, 1.165) is 16.3 Å². The maximum Gasteiger partial charge on any atom is 0.331 e. The van der Waals surface area contributed by atoms with Crippen LogP contribution in [0.2, 0.25) is 0 Å². The van der Waals surface area contributed by atoms with Crippen LogP contribution in [0.25, 0.3) is 21.7 Å². The van der Waals surface area contributed by atoms with Crippen LogP contribution >= 0.6 is 0 Å². The van der Waals surface area contributed by atoms with Gasteiger partial charge in [-0.1, -0.05) is 30.3 Å². The number of nitrogens with zero attached hydrogens (tertiary/aromatic N) is 2. The van der Waals surface area contributed by atoms with E-state index in [1.807, 2.05) is 36.4 Å². The number of hydrogen-bond donors (Lipinski definition) is 4. The number of carbonyl (C=O) groups is 2. The number of rotatable bonds is 11. The van der Waals surface area contributed by atoms with Gasteiger partial charge >= 0.3 is 11.9 Å². The Kier molecular flexibility index (Phi) is 8.54. The Balaban J connectivity index is 1.86. The Morgan fingerprint density at radius 1 is 0.821 bits per heavy atom. The van der Waals surface area contributed by atoms with E-state index in [9.17, 15) is 9.59 Å². The highest BCUT2D eigenvalue weighted by Gasteiger charge is 2.53. The van der Waals surface area contributed by atoms with Crippen molar-refractivity contribution >= 4 is 46.1 Å². The van der Waals surface area contributed by atoms with Gasteiger partial charge in [0, 0.05) is 11.8 Å². The Morgan fingerprint density at radius 3 is 2.03 bits per heavy atom. The van der Waals surface area contributed by atoms with Crippen molar-refractivity contribution in [3.63, 3.8) is 0 Å². The highest BCUT2D eigenvalue weighted by Crippen LogP contribution is 2.37. The summed E-state index contributed by atoms with van der Waals surface area (Å²) in [7, 11) is 0. The third kappa shape index (κ3) is 5.74. The van der Waals surface area contributed by atoms with Crippen LogP contribution in [0.15, 0.2) is 75.3 Å². The summed E-state index contributed by atoms with van der Waals surface area (Å²) in [4.78, 5) is 27.2. The second-order valence-electron chi connectivity index (χ2n) is 8.59. The number of benzene rings is 3. The molecule has 0 atom stereocenters. The van der Waals surface area contributed by atoms with Crippen molar-refractivity contribution in [2.45, 2.75) is 25.7 Å². The number of ether oxygens (including phenoxy) is 2. The van der Waals surface area contributed by atoms with E-state index in [0.29, 0.717) is 22.1 Å². The molecule has 0 amide bonds. The first-order valence-electron chi connectivity index (χ1n) is 12.2. The molecule has 0 saturated carbocycles. The molecule has 0 saturated heterocycles. The maximum absolute atomic E-state index is 13.6. The number of esters is 2. The number of fused-ring (bicyclic) bond motifs is 2. The molecule has 1 aromatic heterocycles. The average molecular weight is 533 g/mol. The smallest absolute Gasteiger partial charge is 0.331 e. The van der Waals surface area contributed by atoms with E-state index in [1.165, 1.54) is 12.4 Å². The molecule has 11 heteroatoms. The molecular weight excluding hydrogens is 504 g/mol. The standard InChI is InChI=1S/C28H28N4O7/c1-3-37-26(33)28(27(34)38-4-2,25-14-23-13-20(17-30-32-36)7-10-24(23)39-25)15-18-5-8-21-9-6-19(16-29-31-35)12-22(21)11-18/h5-14,16-17,31-32,35-36H,3-4,15H2,1-2H3. The summed E-state index contributed by atoms with van der Waals surface area (Å²) < 4.78 is 16.9. The van der Waals surface area contributed by atoms with Gasteiger partial charge in [0.15, 0.2) is 0 Å². The first-order chi connectivity index (χ1) is 18.9. The van der Waals surface area contributed by atoms with Crippen LogP contribution < -0.4 is 11.2 Å². The molecule has 0 aliphatic heterocycles. The lowest BCUT2D eigenvalue weighted by Gasteiger charge is -2.27. The highest BCUT2D eigenvalue weighted by atomic mass is 16.6. The number of furan rings is 1. The molecule has 0 spiro atoms. The Hall–Kier alpha value is -4.74. The monoisotopic (exact) mass is 532 g/mol. The fourth-order valence-corrected chi connectivity index (χ4v) is 4.39. The van der Waals surface area contributed by atoms with Crippen LogP contribution in [0.4, 0.5) is 0 Å². The summed E-state index contributed by atoms with van der Waals surface area (Å²) in [5.74, 6) is -1.49. The predicted octanol–water partition coefficient (Wildman–Crippen LogP) is 3.82. The molecule has 0 aliphatic rings. The SMILES string of the molecule is CCOC(=O)C(Cc1ccc2ccc(C=NNO)cc2c1)(C(=O)OCC)c1cc2cc(C=NNO)ccc2o1. The second-order valence-corrected chi connectivity index (χ2v) is 8.59. The minimum absolute atomic E-state index is 0.0499. The fraction of sp³-hybridized carbons (Fsp3) is 0.214. The lowest BCUT2D eigenvalue weighted by Crippen LogP contribution is -2.48. The van der Waals surface area contributed by atoms with Gasteiger partial charge in [0.05, 0.1) is 25.6 Å². The van der Waals surface area contributed by atoms with Crippen molar-refractivity contribution in [2.24, 2.45) is 10.2 Å². The van der Waals surface area contributed by atoms with E-state index in [1.54, 1.807) is 49.3 Å². The summed E-state index contributed by atoms with van der Waals surface area (Å²) in [6.07, 6.45) is 2.78. The zero-order valence-corrected chi connectivity index (χ0v) is 21.4. The first kappa shape index (κ1) is 27.3. The van der Waals surface area contributed by atoms with Gasteiger partial charge < -0.3 is 13.9 Å². The molecule has 0 bridgehead atoms. The molecule has 11 nitrogen and oxygen atoms in total. The minimum atomic E-state index is -1.92. The van der Waals surface area contributed by atoms with Crippen LogP contribution in [0, 0.1) is 0 Å². The molecule has 3 aromatic carbocycles. The number of hydrazone groups is 2. The summed E-state index contributed by atoms with van der Waals surface area (Å²) in [5.41, 5.74) is 4.02. The lowest BCUT2D eigenvalue weighted by atomic mass is 9.78. The van der Waals surface area contributed by atoms with Crippen LogP contribution in [0.5, 0.6) is 0 Å². The Labute approximate surface area is 223 Å². The normalized spacial score (nSPS) is 11.9. The van der Waals surface area contributed by atoms with Gasteiger partial charge in [-0.15, -0.1) is 0 Å². The third-order valence-electron chi connectivity index (χ3n) is 6.15. The summed E-state index contributed by atoms with van der Waals surface area (Å²) in [6.45, 7) is 3.42. The number of carbonyl (C=O) groups excluding carboxylic acids is 2. The maximum atomic E-state index is 13.6. The first-order valence-corrected chi connectivity index (χ1v) is 12.2. The molecule has 0 fully saturated rings. The Bertz CT molecular complexity index is 1530.